The smallest absolute Gasteiger partial charge is 0.253 e. The Morgan fingerprint density at radius 1 is 1.19 bits per heavy atom. The number of amides is 1. The minimum Gasteiger partial charge on any atom is -0.337 e. The van der Waals surface area contributed by atoms with Gasteiger partial charge in [0.25, 0.3) is 5.91 Å². The molecule has 4 heteroatoms. The molecule has 16 heavy (non-hydrogen) atoms. The largest absolute Gasteiger partial charge is 0.337 e. The molecule has 1 aromatic carbocycles. The Labute approximate surface area is 100 Å². The van der Waals surface area contributed by atoms with E-state index in [0.29, 0.717) is 10.6 Å². The van der Waals surface area contributed by atoms with Gasteiger partial charge >= 0.3 is 0 Å². The molecule has 0 aliphatic carbocycles. The Morgan fingerprint density at radius 3 is 2.69 bits per heavy atom. The van der Waals surface area contributed by atoms with Crippen molar-refractivity contribution < 1.29 is 4.79 Å². The van der Waals surface area contributed by atoms with E-state index in [9.17, 15) is 4.79 Å². The van der Waals surface area contributed by atoms with E-state index in [1.165, 1.54) is 0 Å². The number of nitrogens with zero attached hydrogens (tertiary/aromatic N) is 2. The first-order chi connectivity index (χ1) is 7.77. The van der Waals surface area contributed by atoms with Crippen LogP contribution >= 0.6 is 11.6 Å². The number of halogens is 1. The maximum absolute atomic E-state index is 12.1. The van der Waals surface area contributed by atoms with Gasteiger partial charge in [0.1, 0.15) is 0 Å². The summed E-state index contributed by atoms with van der Waals surface area (Å²) in [5.74, 6) is 0.0776. The minimum absolute atomic E-state index is 0.0776. The predicted octanol–water partition coefficient (Wildman–Crippen LogP) is 1.79. The molecule has 1 amide bonds. The molecular formula is C12H14ClN2O. The quantitative estimate of drug-likeness (QED) is 0.733. The van der Waals surface area contributed by atoms with Crippen LogP contribution in [0.2, 0.25) is 5.02 Å². The van der Waals surface area contributed by atoms with Crippen molar-refractivity contribution in [2.75, 3.05) is 26.2 Å². The van der Waals surface area contributed by atoms with E-state index in [0.717, 1.165) is 32.6 Å². The summed E-state index contributed by atoms with van der Waals surface area (Å²) in [4.78, 5) is 14.0. The van der Waals surface area contributed by atoms with Crippen molar-refractivity contribution in [2.45, 2.75) is 6.42 Å². The second-order valence-electron chi connectivity index (χ2n) is 3.82. The molecule has 85 valence electrons. The lowest BCUT2D eigenvalue weighted by Gasteiger charge is -2.19. The Bertz CT molecular complexity index is 356. The Morgan fingerprint density at radius 2 is 1.94 bits per heavy atom. The highest BCUT2D eigenvalue weighted by atomic mass is 35.5. The van der Waals surface area contributed by atoms with Gasteiger partial charge in [0.05, 0.1) is 0 Å². The summed E-state index contributed by atoms with van der Waals surface area (Å²) < 4.78 is 0. The third kappa shape index (κ3) is 2.74. The molecule has 0 atom stereocenters. The third-order valence-corrected chi connectivity index (χ3v) is 2.90. The molecule has 0 bridgehead atoms. The molecule has 1 fully saturated rings. The van der Waals surface area contributed by atoms with Crippen LogP contribution in [0.3, 0.4) is 0 Å². The monoisotopic (exact) mass is 237 g/mol. The molecule has 1 aromatic rings. The molecular weight excluding hydrogens is 224 g/mol. The zero-order chi connectivity index (χ0) is 11.4. The fraction of sp³-hybridized carbons (Fsp3) is 0.417. The lowest BCUT2D eigenvalue weighted by Crippen LogP contribution is -2.33. The van der Waals surface area contributed by atoms with Gasteiger partial charge in [-0.05, 0) is 30.7 Å². The molecule has 1 aliphatic heterocycles. The zero-order valence-electron chi connectivity index (χ0n) is 9.03. The van der Waals surface area contributed by atoms with Crippen LogP contribution in [0.25, 0.3) is 0 Å². The first kappa shape index (κ1) is 11.4. The highest BCUT2D eigenvalue weighted by Crippen LogP contribution is 2.12. The molecule has 1 radical (unpaired) electrons. The van der Waals surface area contributed by atoms with Gasteiger partial charge in [0.2, 0.25) is 0 Å². The van der Waals surface area contributed by atoms with Crippen LogP contribution in [0.5, 0.6) is 0 Å². The maximum Gasteiger partial charge on any atom is 0.253 e. The lowest BCUT2D eigenvalue weighted by atomic mass is 10.2. The van der Waals surface area contributed by atoms with Crippen LogP contribution in [0.4, 0.5) is 0 Å². The molecule has 0 unspecified atom stereocenters. The van der Waals surface area contributed by atoms with E-state index in [1.807, 2.05) is 4.90 Å². The molecule has 1 aliphatic rings. The number of benzene rings is 1. The molecule has 0 N–H and O–H groups in total. The van der Waals surface area contributed by atoms with Gasteiger partial charge in [-0.1, -0.05) is 11.6 Å². The number of hydrogen-bond acceptors (Lipinski definition) is 1. The Kier molecular flexibility index (Phi) is 3.80. The highest BCUT2D eigenvalue weighted by molar-refractivity contribution is 6.30. The van der Waals surface area contributed by atoms with E-state index in [1.54, 1.807) is 24.3 Å². The zero-order valence-corrected chi connectivity index (χ0v) is 9.78. The van der Waals surface area contributed by atoms with E-state index >= 15 is 0 Å². The van der Waals surface area contributed by atoms with E-state index in [-0.39, 0.29) is 5.91 Å². The van der Waals surface area contributed by atoms with E-state index in [4.69, 9.17) is 11.6 Å². The number of carbonyl (C=O) groups is 1. The second-order valence-corrected chi connectivity index (χ2v) is 4.26. The summed E-state index contributed by atoms with van der Waals surface area (Å²) in [6, 6.07) is 7.04. The van der Waals surface area contributed by atoms with Crippen LogP contribution in [0, 0.1) is 0 Å². The first-order valence-corrected chi connectivity index (χ1v) is 5.83. The van der Waals surface area contributed by atoms with Crippen molar-refractivity contribution in [2.24, 2.45) is 0 Å². The lowest BCUT2D eigenvalue weighted by molar-refractivity contribution is 0.0766. The SMILES string of the molecule is O=C(c1ccc(Cl)cc1)N1CCC[N]CC1. The van der Waals surface area contributed by atoms with Crippen molar-refractivity contribution in [1.82, 2.24) is 10.2 Å². The fourth-order valence-corrected chi connectivity index (χ4v) is 1.89. The highest BCUT2D eigenvalue weighted by Gasteiger charge is 2.16. The third-order valence-electron chi connectivity index (χ3n) is 2.65. The average Bonchev–Trinajstić information content (AvgIpc) is 2.57. The van der Waals surface area contributed by atoms with Gasteiger partial charge in [-0.2, -0.15) is 0 Å². The van der Waals surface area contributed by atoms with Crippen LogP contribution in [-0.4, -0.2) is 37.0 Å². The van der Waals surface area contributed by atoms with E-state index in [2.05, 4.69) is 5.32 Å². The number of carbonyl (C=O) groups excluding carboxylic acids is 1. The van der Waals surface area contributed by atoms with Gasteiger partial charge < -0.3 is 4.90 Å². The van der Waals surface area contributed by atoms with Gasteiger partial charge in [-0.15, -0.1) is 0 Å². The molecule has 3 nitrogen and oxygen atoms in total. The van der Waals surface area contributed by atoms with Gasteiger partial charge in [0.15, 0.2) is 0 Å². The van der Waals surface area contributed by atoms with Crippen molar-refractivity contribution in [3.8, 4) is 0 Å². The number of hydrogen-bond donors (Lipinski definition) is 0. The number of rotatable bonds is 1. The predicted molar refractivity (Wildman–Crippen MR) is 63.8 cm³/mol. The fourth-order valence-electron chi connectivity index (χ4n) is 1.77. The van der Waals surface area contributed by atoms with Gasteiger partial charge in [-0.25, -0.2) is 5.32 Å². The minimum atomic E-state index is 0.0776. The summed E-state index contributed by atoms with van der Waals surface area (Å²) in [5.41, 5.74) is 0.700. The standard InChI is InChI=1S/C12H14ClN2O/c13-11-4-2-10(3-5-11)12(16)15-8-1-6-14-7-9-15/h2-5H,1,6-9H2. The molecule has 1 heterocycles. The van der Waals surface area contributed by atoms with Crippen LogP contribution in [0.15, 0.2) is 24.3 Å². The average molecular weight is 238 g/mol. The second kappa shape index (κ2) is 5.32. The Hall–Kier alpha value is -1.06. The van der Waals surface area contributed by atoms with Gasteiger partial charge in [-0.3, -0.25) is 4.79 Å². The topological polar surface area (TPSA) is 34.4 Å². The summed E-state index contributed by atoms with van der Waals surface area (Å²) in [5, 5.41) is 4.95. The van der Waals surface area contributed by atoms with Crippen molar-refractivity contribution >= 4 is 17.5 Å². The summed E-state index contributed by atoms with van der Waals surface area (Å²) in [6.07, 6.45) is 0.958. The molecule has 1 saturated heterocycles. The molecule has 2 rings (SSSR count). The van der Waals surface area contributed by atoms with Gasteiger partial charge in [0, 0.05) is 36.8 Å². The van der Waals surface area contributed by atoms with Crippen molar-refractivity contribution in [3.63, 3.8) is 0 Å². The maximum atomic E-state index is 12.1. The molecule has 0 spiro atoms. The Balaban J connectivity index is 2.08. The van der Waals surface area contributed by atoms with E-state index < -0.39 is 0 Å². The van der Waals surface area contributed by atoms with Crippen LogP contribution in [-0.2, 0) is 0 Å². The van der Waals surface area contributed by atoms with Crippen LogP contribution < -0.4 is 5.32 Å². The summed E-state index contributed by atoms with van der Waals surface area (Å²) >= 11 is 5.79. The molecule has 0 saturated carbocycles. The van der Waals surface area contributed by atoms with Crippen molar-refractivity contribution in [3.05, 3.63) is 34.9 Å². The summed E-state index contributed by atoms with van der Waals surface area (Å²) in [6.45, 7) is 3.14. The normalized spacial score (nSPS) is 16.9. The van der Waals surface area contributed by atoms with Crippen LogP contribution in [0.1, 0.15) is 16.8 Å². The first-order valence-electron chi connectivity index (χ1n) is 5.45. The van der Waals surface area contributed by atoms with Crippen molar-refractivity contribution in [1.29, 1.82) is 0 Å². The molecule has 0 aromatic heterocycles. The summed E-state index contributed by atoms with van der Waals surface area (Å²) in [7, 11) is 0.